The molecule has 0 aliphatic rings. The molecule has 100 valence electrons. The summed E-state index contributed by atoms with van der Waals surface area (Å²) in [7, 11) is 0. The summed E-state index contributed by atoms with van der Waals surface area (Å²) in [5.74, 6) is 0.188. The van der Waals surface area contributed by atoms with Gasteiger partial charge in [0.15, 0.2) is 4.34 Å². The van der Waals surface area contributed by atoms with Gasteiger partial charge in [-0.1, -0.05) is 35.0 Å². The van der Waals surface area contributed by atoms with E-state index in [2.05, 4.69) is 10.3 Å². The van der Waals surface area contributed by atoms with Crippen LogP contribution >= 0.6 is 46.3 Å². The summed E-state index contributed by atoms with van der Waals surface area (Å²) in [6.07, 6.45) is 0. The number of nitrogens with zero attached hydrogens (tertiary/aromatic N) is 1. The number of thioether (sulfide) groups is 1. The smallest absolute Gasteiger partial charge is 0.234 e. The summed E-state index contributed by atoms with van der Waals surface area (Å²) in [6, 6.07) is 4.93. The SMILES string of the molecule is Cc1csc(SCC(=O)Nc2cc(Cl)cc(Cl)c2)n1. The number of aromatic nitrogens is 1. The monoisotopic (exact) mass is 332 g/mol. The van der Waals surface area contributed by atoms with Gasteiger partial charge in [0, 0.05) is 26.8 Å². The largest absolute Gasteiger partial charge is 0.325 e. The number of halogens is 2. The van der Waals surface area contributed by atoms with Crippen molar-refractivity contribution in [2.75, 3.05) is 11.1 Å². The van der Waals surface area contributed by atoms with Crippen molar-refractivity contribution < 1.29 is 4.79 Å². The minimum Gasteiger partial charge on any atom is -0.325 e. The Balaban J connectivity index is 1.90. The molecule has 0 unspecified atom stereocenters. The predicted molar refractivity (Wildman–Crippen MR) is 82.7 cm³/mol. The van der Waals surface area contributed by atoms with E-state index < -0.39 is 0 Å². The van der Waals surface area contributed by atoms with Crippen LogP contribution in [-0.2, 0) is 4.79 Å². The molecule has 3 nitrogen and oxygen atoms in total. The molecule has 0 spiro atoms. The lowest BCUT2D eigenvalue weighted by molar-refractivity contribution is -0.113. The summed E-state index contributed by atoms with van der Waals surface area (Å²) in [5.41, 5.74) is 1.56. The van der Waals surface area contributed by atoms with E-state index >= 15 is 0 Å². The fourth-order valence-corrected chi connectivity index (χ4v) is 3.52. The highest BCUT2D eigenvalue weighted by Crippen LogP contribution is 2.24. The molecule has 7 heteroatoms. The fourth-order valence-electron chi connectivity index (χ4n) is 1.35. The Labute approximate surface area is 129 Å². The molecule has 2 rings (SSSR count). The Bertz CT molecular complexity index is 581. The highest BCUT2D eigenvalue weighted by atomic mass is 35.5. The van der Waals surface area contributed by atoms with Crippen LogP contribution < -0.4 is 5.32 Å². The third kappa shape index (κ3) is 4.69. The van der Waals surface area contributed by atoms with Gasteiger partial charge in [0.05, 0.1) is 5.75 Å². The minimum absolute atomic E-state index is 0.115. The highest BCUT2D eigenvalue weighted by molar-refractivity contribution is 8.01. The number of nitrogens with one attached hydrogen (secondary N) is 1. The van der Waals surface area contributed by atoms with Crippen LogP contribution in [0.15, 0.2) is 27.9 Å². The number of amides is 1. The molecule has 0 radical (unpaired) electrons. The van der Waals surface area contributed by atoms with Crippen LogP contribution in [0.5, 0.6) is 0 Å². The average Bonchev–Trinajstić information content (AvgIpc) is 2.71. The van der Waals surface area contributed by atoms with Crippen LogP contribution in [0.1, 0.15) is 5.69 Å². The van der Waals surface area contributed by atoms with Crippen LogP contribution in [0.4, 0.5) is 5.69 Å². The van der Waals surface area contributed by atoms with E-state index in [1.807, 2.05) is 12.3 Å². The molecule has 1 aromatic carbocycles. The summed E-state index contributed by atoms with van der Waals surface area (Å²) < 4.78 is 0.886. The van der Waals surface area contributed by atoms with Gasteiger partial charge in [-0.15, -0.1) is 11.3 Å². The maximum absolute atomic E-state index is 11.8. The number of hydrogen-bond acceptors (Lipinski definition) is 4. The topological polar surface area (TPSA) is 42.0 Å². The van der Waals surface area contributed by atoms with Crippen LogP contribution in [0.3, 0.4) is 0 Å². The van der Waals surface area contributed by atoms with Gasteiger partial charge >= 0.3 is 0 Å². The second-order valence-corrected chi connectivity index (χ2v) is 6.70. The van der Waals surface area contributed by atoms with Gasteiger partial charge in [-0.3, -0.25) is 4.79 Å². The van der Waals surface area contributed by atoms with Gasteiger partial charge in [-0.25, -0.2) is 4.98 Å². The Hall–Kier alpha value is -0.750. The first kappa shape index (κ1) is 14.7. The summed E-state index contributed by atoms with van der Waals surface area (Å²) >= 11 is 14.7. The number of rotatable bonds is 4. The lowest BCUT2D eigenvalue weighted by Gasteiger charge is -2.05. The first-order valence-electron chi connectivity index (χ1n) is 5.34. The van der Waals surface area contributed by atoms with Gasteiger partial charge in [0.25, 0.3) is 0 Å². The number of aryl methyl sites for hydroxylation is 1. The molecule has 1 heterocycles. The third-order valence-corrected chi connectivity index (χ3v) is 4.65. The Morgan fingerprint density at radius 3 is 2.63 bits per heavy atom. The molecule has 1 N–H and O–H groups in total. The van der Waals surface area contributed by atoms with Crippen LogP contribution in [0.2, 0.25) is 10.0 Å². The first-order valence-corrected chi connectivity index (χ1v) is 7.96. The zero-order valence-electron chi connectivity index (χ0n) is 9.94. The van der Waals surface area contributed by atoms with Crippen LogP contribution in [-0.4, -0.2) is 16.6 Å². The number of anilines is 1. The fraction of sp³-hybridized carbons (Fsp3) is 0.167. The lowest BCUT2D eigenvalue weighted by Crippen LogP contribution is -2.13. The van der Waals surface area contributed by atoms with Gasteiger partial charge in [0.1, 0.15) is 0 Å². The average molecular weight is 333 g/mol. The van der Waals surface area contributed by atoms with E-state index in [1.165, 1.54) is 23.1 Å². The van der Waals surface area contributed by atoms with Crippen molar-refractivity contribution in [2.24, 2.45) is 0 Å². The number of carbonyl (C=O) groups is 1. The quantitative estimate of drug-likeness (QED) is 0.838. The van der Waals surface area contributed by atoms with E-state index in [0.29, 0.717) is 21.5 Å². The summed E-state index contributed by atoms with van der Waals surface area (Å²) in [6.45, 7) is 1.93. The summed E-state index contributed by atoms with van der Waals surface area (Å²) in [4.78, 5) is 16.1. The molecule has 0 aliphatic carbocycles. The third-order valence-electron chi connectivity index (χ3n) is 2.07. The van der Waals surface area contributed by atoms with Crippen LogP contribution in [0.25, 0.3) is 0 Å². The molecule has 19 heavy (non-hydrogen) atoms. The second-order valence-electron chi connectivity index (χ2n) is 3.75. The lowest BCUT2D eigenvalue weighted by atomic mass is 10.3. The number of carbonyl (C=O) groups excluding carboxylic acids is 1. The van der Waals surface area contributed by atoms with Gasteiger partial charge in [-0.05, 0) is 25.1 Å². The molecule has 0 aliphatic heterocycles. The van der Waals surface area contributed by atoms with Crippen molar-refractivity contribution in [3.63, 3.8) is 0 Å². The zero-order valence-corrected chi connectivity index (χ0v) is 13.1. The molecule has 0 saturated heterocycles. The first-order chi connectivity index (χ1) is 9.02. The molecule has 2 aromatic rings. The maximum atomic E-state index is 11.8. The van der Waals surface area contributed by atoms with Gasteiger partial charge in [-0.2, -0.15) is 0 Å². The van der Waals surface area contributed by atoms with Crippen molar-refractivity contribution in [3.8, 4) is 0 Å². The molecule has 0 fully saturated rings. The second kappa shape index (κ2) is 6.61. The number of benzene rings is 1. The zero-order chi connectivity index (χ0) is 13.8. The normalized spacial score (nSPS) is 10.5. The molecular weight excluding hydrogens is 323 g/mol. The van der Waals surface area contributed by atoms with Crippen molar-refractivity contribution >= 4 is 57.9 Å². The van der Waals surface area contributed by atoms with Crippen molar-refractivity contribution in [2.45, 2.75) is 11.3 Å². The standard InChI is InChI=1S/C12H10Cl2N2OS2/c1-7-5-18-12(15-7)19-6-11(17)16-10-3-8(13)2-9(14)4-10/h2-5H,6H2,1H3,(H,16,17). The van der Waals surface area contributed by atoms with E-state index in [-0.39, 0.29) is 5.91 Å². The van der Waals surface area contributed by atoms with E-state index in [1.54, 1.807) is 18.2 Å². The van der Waals surface area contributed by atoms with Gasteiger partial charge in [0.2, 0.25) is 5.91 Å². The Kier molecular flexibility index (Phi) is 5.10. The van der Waals surface area contributed by atoms with Crippen molar-refractivity contribution in [1.29, 1.82) is 0 Å². The molecule has 1 aromatic heterocycles. The van der Waals surface area contributed by atoms with E-state index in [4.69, 9.17) is 23.2 Å². The van der Waals surface area contributed by atoms with Crippen LogP contribution in [0, 0.1) is 6.92 Å². The number of thiazole rings is 1. The molecule has 1 amide bonds. The molecule has 0 saturated carbocycles. The highest BCUT2D eigenvalue weighted by Gasteiger charge is 2.07. The van der Waals surface area contributed by atoms with Crippen molar-refractivity contribution in [1.82, 2.24) is 4.98 Å². The maximum Gasteiger partial charge on any atom is 0.234 e. The molecule has 0 atom stereocenters. The Morgan fingerprint density at radius 1 is 1.37 bits per heavy atom. The molecular formula is C12H10Cl2N2OS2. The summed E-state index contributed by atoms with van der Waals surface area (Å²) in [5, 5.41) is 5.69. The number of hydrogen-bond donors (Lipinski definition) is 1. The Morgan fingerprint density at radius 2 is 2.05 bits per heavy atom. The predicted octanol–water partition coefficient (Wildman–Crippen LogP) is 4.49. The van der Waals surface area contributed by atoms with E-state index in [9.17, 15) is 4.79 Å². The van der Waals surface area contributed by atoms with Gasteiger partial charge < -0.3 is 5.32 Å². The van der Waals surface area contributed by atoms with Crippen molar-refractivity contribution in [3.05, 3.63) is 39.3 Å². The minimum atomic E-state index is -0.115. The molecule has 0 bridgehead atoms. The van der Waals surface area contributed by atoms with E-state index in [0.717, 1.165) is 10.0 Å².